The maximum atomic E-state index is 13.1. The van der Waals surface area contributed by atoms with Crippen molar-refractivity contribution in [3.05, 3.63) is 65.2 Å². The topological polar surface area (TPSA) is 75.3 Å². The first kappa shape index (κ1) is 19.4. The molecule has 5 nitrogen and oxygen atoms in total. The Labute approximate surface area is 156 Å². The van der Waals surface area contributed by atoms with E-state index in [0.29, 0.717) is 12.0 Å². The Morgan fingerprint density at radius 2 is 1.67 bits per heavy atom. The van der Waals surface area contributed by atoms with Gasteiger partial charge in [0, 0.05) is 19.0 Å². The van der Waals surface area contributed by atoms with Crippen LogP contribution in [0.15, 0.2) is 47.4 Å². The first-order valence-electron chi connectivity index (χ1n) is 8.65. The largest absolute Gasteiger partial charge is 0.352 e. The zero-order valence-corrected chi connectivity index (χ0v) is 15.4. The fourth-order valence-corrected chi connectivity index (χ4v) is 3.82. The number of carbonyl (C=O) groups excluding carboxylic acids is 1. The summed E-state index contributed by atoms with van der Waals surface area (Å²) in [5, 5.41) is 2.72. The second-order valence-electron chi connectivity index (χ2n) is 6.56. The third-order valence-corrected chi connectivity index (χ3v) is 5.78. The molecule has 2 aromatic carbocycles. The van der Waals surface area contributed by atoms with Crippen LogP contribution in [0, 0.1) is 11.6 Å². The number of benzene rings is 2. The number of sulfonamides is 1. The molecule has 1 saturated carbocycles. The van der Waals surface area contributed by atoms with Crippen molar-refractivity contribution in [3.8, 4) is 0 Å². The molecule has 1 aliphatic carbocycles. The van der Waals surface area contributed by atoms with E-state index in [9.17, 15) is 22.0 Å². The molecule has 0 aliphatic heterocycles. The number of hydrogen-bond donors (Lipinski definition) is 2. The van der Waals surface area contributed by atoms with Crippen LogP contribution in [-0.2, 0) is 27.8 Å². The third-order valence-electron chi connectivity index (χ3n) is 4.25. The molecule has 0 heterocycles. The molecule has 144 valence electrons. The zero-order chi connectivity index (χ0) is 19.4. The summed E-state index contributed by atoms with van der Waals surface area (Å²) in [6.45, 7) is 0.257. The predicted octanol–water partition coefficient (Wildman–Crippen LogP) is 2.65. The number of nitrogens with one attached hydrogen (secondary N) is 2. The lowest BCUT2D eigenvalue weighted by molar-refractivity contribution is -0.121. The van der Waals surface area contributed by atoms with Crippen LogP contribution in [0.25, 0.3) is 0 Å². The van der Waals surface area contributed by atoms with E-state index in [1.54, 1.807) is 12.1 Å². The van der Waals surface area contributed by atoms with Crippen molar-refractivity contribution in [1.82, 2.24) is 10.0 Å². The molecule has 0 atom stereocenters. The first-order chi connectivity index (χ1) is 12.8. The molecule has 8 heteroatoms. The van der Waals surface area contributed by atoms with E-state index in [4.69, 9.17) is 0 Å². The summed E-state index contributed by atoms with van der Waals surface area (Å²) in [5.41, 5.74) is 1.31. The van der Waals surface area contributed by atoms with Gasteiger partial charge in [-0.1, -0.05) is 18.2 Å². The molecule has 0 spiro atoms. The van der Waals surface area contributed by atoms with Gasteiger partial charge in [0.2, 0.25) is 15.9 Å². The van der Waals surface area contributed by atoms with Gasteiger partial charge in [-0.25, -0.2) is 21.9 Å². The minimum absolute atomic E-state index is 0.0450. The average molecular weight is 394 g/mol. The fraction of sp³-hybridized carbons (Fsp3) is 0.316. The molecule has 1 aliphatic rings. The summed E-state index contributed by atoms with van der Waals surface area (Å²) in [6.07, 6.45) is 2.18. The Morgan fingerprint density at radius 3 is 2.30 bits per heavy atom. The van der Waals surface area contributed by atoms with Gasteiger partial charge in [0.15, 0.2) is 11.6 Å². The van der Waals surface area contributed by atoms with Crippen LogP contribution in [0.4, 0.5) is 8.78 Å². The van der Waals surface area contributed by atoms with E-state index in [0.717, 1.165) is 30.5 Å². The van der Waals surface area contributed by atoms with E-state index in [-0.39, 0.29) is 29.8 Å². The molecule has 1 amide bonds. The first-order valence-corrected chi connectivity index (χ1v) is 10.1. The molecule has 3 rings (SSSR count). The van der Waals surface area contributed by atoms with Crippen LogP contribution in [-0.4, -0.2) is 20.4 Å². The van der Waals surface area contributed by atoms with Crippen LogP contribution in [0.5, 0.6) is 0 Å². The van der Waals surface area contributed by atoms with Gasteiger partial charge in [0.1, 0.15) is 0 Å². The van der Waals surface area contributed by atoms with Crippen molar-refractivity contribution in [3.63, 3.8) is 0 Å². The predicted molar refractivity (Wildman–Crippen MR) is 96.3 cm³/mol. The molecule has 0 bridgehead atoms. The second kappa shape index (κ2) is 8.14. The molecule has 2 aromatic rings. The summed E-state index contributed by atoms with van der Waals surface area (Å²) in [7, 11) is -3.49. The number of aryl methyl sites for hydroxylation is 1. The van der Waals surface area contributed by atoms with Gasteiger partial charge in [-0.15, -0.1) is 0 Å². The van der Waals surface area contributed by atoms with Crippen LogP contribution in [0.1, 0.15) is 30.4 Å². The highest BCUT2D eigenvalue weighted by atomic mass is 32.2. The summed E-state index contributed by atoms with van der Waals surface area (Å²) in [4.78, 5) is 12.1. The summed E-state index contributed by atoms with van der Waals surface area (Å²) in [5.74, 6) is -2.08. The lowest BCUT2D eigenvalue weighted by Crippen LogP contribution is -2.26. The Hall–Kier alpha value is -2.32. The Morgan fingerprint density at radius 1 is 1.00 bits per heavy atom. The van der Waals surface area contributed by atoms with Gasteiger partial charge in [-0.05, 0) is 54.7 Å². The zero-order valence-electron chi connectivity index (χ0n) is 14.5. The molecular formula is C19H20F2N2O3S. The van der Waals surface area contributed by atoms with Gasteiger partial charge in [0.05, 0.1) is 4.90 Å². The lowest BCUT2D eigenvalue weighted by atomic mass is 10.1. The number of hydrogen-bond acceptors (Lipinski definition) is 3. The van der Waals surface area contributed by atoms with E-state index < -0.39 is 21.7 Å². The van der Waals surface area contributed by atoms with Crippen LogP contribution in [0.2, 0.25) is 0 Å². The van der Waals surface area contributed by atoms with Crippen molar-refractivity contribution in [2.75, 3.05) is 0 Å². The second-order valence-corrected chi connectivity index (χ2v) is 8.28. The smallest absolute Gasteiger partial charge is 0.240 e. The van der Waals surface area contributed by atoms with Gasteiger partial charge >= 0.3 is 0 Å². The number of halogens is 2. The van der Waals surface area contributed by atoms with Gasteiger partial charge in [-0.3, -0.25) is 4.79 Å². The van der Waals surface area contributed by atoms with Gasteiger partial charge < -0.3 is 5.32 Å². The fourth-order valence-electron chi connectivity index (χ4n) is 2.52. The highest BCUT2D eigenvalue weighted by Crippen LogP contribution is 2.22. The van der Waals surface area contributed by atoms with Gasteiger partial charge in [0.25, 0.3) is 0 Å². The maximum absolute atomic E-state index is 13.1. The number of rotatable bonds is 8. The molecule has 1 fully saturated rings. The van der Waals surface area contributed by atoms with Crippen molar-refractivity contribution in [2.24, 2.45) is 0 Å². The molecule has 27 heavy (non-hydrogen) atoms. The van der Waals surface area contributed by atoms with Crippen molar-refractivity contribution in [2.45, 2.75) is 43.2 Å². The monoisotopic (exact) mass is 394 g/mol. The molecular weight excluding hydrogens is 374 g/mol. The summed E-state index contributed by atoms with van der Waals surface area (Å²) >= 11 is 0. The van der Waals surface area contributed by atoms with E-state index in [1.165, 1.54) is 18.2 Å². The van der Waals surface area contributed by atoms with Crippen LogP contribution >= 0.6 is 0 Å². The standard InChI is InChI=1S/C19H20F2N2O3S/c20-17-9-3-13(11-18(17)21)4-10-19(24)22-12-14-1-7-16(8-2-14)27(25,26)23-15-5-6-15/h1-3,7-9,11,15,23H,4-6,10,12H2,(H,22,24). The number of amides is 1. The third kappa shape index (κ3) is 5.58. The Kier molecular flexibility index (Phi) is 5.86. The SMILES string of the molecule is O=C(CCc1ccc(F)c(F)c1)NCc1ccc(S(=O)(=O)NC2CC2)cc1. The Bertz CT molecular complexity index is 926. The quantitative estimate of drug-likeness (QED) is 0.723. The van der Waals surface area contributed by atoms with E-state index in [1.807, 2.05) is 0 Å². The lowest BCUT2D eigenvalue weighted by Gasteiger charge is -2.08. The van der Waals surface area contributed by atoms with Crippen LogP contribution < -0.4 is 10.0 Å². The molecule has 0 radical (unpaired) electrons. The van der Waals surface area contributed by atoms with Gasteiger partial charge in [-0.2, -0.15) is 0 Å². The highest BCUT2D eigenvalue weighted by molar-refractivity contribution is 7.89. The molecule has 0 unspecified atom stereocenters. The minimum Gasteiger partial charge on any atom is -0.352 e. The number of carbonyl (C=O) groups is 1. The molecule has 2 N–H and O–H groups in total. The Balaban J connectivity index is 1.47. The van der Waals surface area contributed by atoms with Crippen molar-refractivity contribution in [1.29, 1.82) is 0 Å². The summed E-state index contributed by atoms with van der Waals surface area (Å²) < 4.78 is 52.8. The van der Waals surface area contributed by atoms with E-state index >= 15 is 0 Å². The summed E-state index contributed by atoms with van der Waals surface area (Å²) in [6, 6.07) is 9.92. The highest BCUT2D eigenvalue weighted by Gasteiger charge is 2.27. The van der Waals surface area contributed by atoms with Crippen molar-refractivity contribution >= 4 is 15.9 Å². The minimum atomic E-state index is -3.49. The maximum Gasteiger partial charge on any atom is 0.240 e. The van der Waals surface area contributed by atoms with Crippen molar-refractivity contribution < 1.29 is 22.0 Å². The average Bonchev–Trinajstić information content (AvgIpc) is 3.44. The molecule has 0 saturated heterocycles. The molecule has 0 aromatic heterocycles. The van der Waals surface area contributed by atoms with E-state index in [2.05, 4.69) is 10.0 Å². The normalized spacial score (nSPS) is 14.1. The van der Waals surface area contributed by atoms with Crippen LogP contribution in [0.3, 0.4) is 0 Å².